The molecule has 0 aliphatic carbocycles. The summed E-state index contributed by atoms with van der Waals surface area (Å²) in [6.07, 6.45) is -45.3. The molecule has 0 radical (unpaired) electrons. The highest BCUT2D eigenvalue weighted by Gasteiger charge is 2.55. The van der Waals surface area contributed by atoms with Gasteiger partial charge in [-0.05, 0) is 0 Å². The van der Waals surface area contributed by atoms with E-state index in [1.54, 1.807) is 0 Å². The lowest BCUT2D eigenvalue weighted by atomic mass is 9.96. The number of aliphatic hydroxyl groups is 17. The lowest BCUT2D eigenvalue weighted by Gasteiger charge is -2.48. The smallest absolute Gasteiger partial charge is 0.187 e. The van der Waals surface area contributed by atoms with Crippen molar-refractivity contribution in [1.29, 1.82) is 0 Å². The number of hydrogen-bond donors (Lipinski definition) is 17. The van der Waals surface area contributed by atoms with Crippen molar-refractivity contribution >= 4 is 0 Å². The highest BCUT2D eigenvalue weighted by Crippen LogP contribution is 2.34. The second kappa shape index (κ2) is 19.6. The number of aliphatic hydroxyl groups excluding tert-OH is 17. The van der Waals surface area contributed by atoms with E-state index in [4.69, 9.17) is 42.6 Å². The van der Waals surface area contributed by atoms with Crippen LogP contribution in [0.15, 0.2) is 0 Å². The molecule has 0 aromatic heterocycles. The van der Waals surface area contributed by atoms with Crippen molar-refractivity contribution < 1.29 is 129 Å². The molecule has 5 rings (SSSR count). The van der Waals surface area contributed by atoms with Gasteiger partial charge in [0.1, 0.15) is 122 Å². The first-order valence-corrected chi connectivity index (χ1v) is 17.6. The molecule has 25 atom stereocenters. The standard InChI is InChI=1S/C30H52O26/c31-1-6-11(35)13(37)19(43)28(50-6)55-25-9(4-34)52-30(22(46)17(25)41)56-24-8(3-33)51-27(21(45)16(24)40)48-5-10-12(36)14(38)20(44)29(53-10)54-23-7(2-32)49-26(47)18(42)15(23)39/h6-47H,1-5H2/t6-,7-,8-,9-,10-,11-,12-,13+,14+,15-,16-,17-,18-,19-,20-,21-,22-,23-,24-,25-,26-,27-,28-,29+,30+/m1/s1. The van der Waals surface area contributed by atoms with E-state index in [2.05, 4.69) is 0 Å². The molecule has 0 unspecified atom stereocenters. The van der Waals surface area contributed by atoms with Crippen LogP contribution in [0.2, 0.25) is 0 Å². The average molecular weight is 829 g/mol. The van der Waals surface area contributed by atoms with Crippen LogP contribution < -0.4 is 0 Å². The zero-order valence-electron chi connectivity index (χ0n) is 29.2. The fourth-order valence-electron chi connectivity index (χ4n) is 6.93. The summed E-state index contributed by atoms with van der Waals surface area (Å²) in [5.74, 6) is 0. The maximum atomic E-state index is 11.0. The Bertz CT molecular complexity index is 1200. The van der Waals surface area contributed by atoms with Crippen molar-refractivity contribution in [2.45, 2.75) is 154 Å². The first-order valence-electron chi connectivity index (χ1n) is 17.6. The minimum Gasteiger partial charge on any atom is -0.394 e. The summed E-state index contributed by atoms with van der Waals surface area (Å²) >= 11 is 0. The summed E-state index contributed by atoms with van der Waals surface area (Å²) in [5.41, 5.74) is 0. The van der Waals surface area contributed by atoms with Crippen LogP contribution in [-0.4, -0.2) is 273 Å². The molecule has 5 fully saturated rings. The third-order valence-electron chi connectivity index (χ3n) is 10.3. The van der Waals surface area contributed by atoms with Crippen molar-refractivity contribution in [3.05, 3.63) is 0 Å². The van der Waals surface area contributed by atoms with Gasteiger partial charge in [-0.25, -0.2) is 0 Å². The van der Waals surface area contributed by atoms with Crippen molar-refractivity contribution in [2.75, 3.05) is 33.0 Å². The van der Waals surface area contributed by atoms with Crippen LogP contribution in [0.25, 0.3) is 0 Å². The fourth-order valence-corrected chi connectivity index (χ4v) is 6.93. The van der Waals surface area contributed by atoms with E-state index in [9.17, 15) is 86.8 Å². The second-order valence-corrected chi connectivity index (χ2v) is 14.0. The Balaban J connectivity index is 1.20. The molecule has 5 saturated heterocycles. The lowest BCUT2D eigenvalue weighted by Crippen LogP contribution is -2.67. The maximum absolute atomic E-state index is 11.0. The van der Waals surface area contributed by atoms with E-state index in [1.165, 1.54) is 0 Å². The Morgan fingerprint density at radius 3 is 1.07 bits per heavy atom. The zero-order chi connectivity index (χ0) is 41.3. The average Bonchev–Trinajstić information content (AvgIpc) is 3.19. The highest BCUT2D eigenvalue weighted by atomic mass is 16.8. The Hall–Kier alpha value is -1.04. The third-order valence-corrected chi connectivity index (χ3v) is 10.3. The van der Waals surface area contributed by atoms with Gasteiger partial charge in [0.05, 0.1) is 33.0 Å². The van der Waals surface area contributed by atoms with Crippen molar-refractivity contribution in [1.82, 2.24) is 0 Å². The van der Waals surface area contributed by atoms with Gasteiger partial charge in [-0.1, -0.05) is 0 Å². The van der Waals surface area contributed by atoms with Gasteiger partial charge in [0, 0.05) is 0 Å². The van der Waals surface area contributed by atoms with Crippen LogP contribution in [-0.2, 0) is 42.6 Å². The van der Waals surface area contributed by atoms with Gasteiger partial charge in [-0.15, -0.1) is 0 Å². The molecule has 5 aliphatic heterocycles. The summed E-state index contributed by atoms with van der Waals surface area (Å²) in [6, 6.07) is 0. The SMILES string of the molecule is OC[C@H]1O[C@H](O[C@H]2[C@H](O)[C@@H](O)[C@H](O[C@H]3[C@H](O)[C@@H](O)[C@H](OC[C@H]4O[C@@H](O[C@H]5[C@H](O)[C@@H](O)[C@H](O)O[C@@H]5CO)[C@H](O)[C@@H](O)[C@@H]4O)O[C@@H]3CO)O[C@@H]2CO)[C@H](O)[C@@H](O)[C@@H]1O. The predicted octanol–water partition coefficient (Wildman–Crippen LogP) is -11.9. The first kappa shape index (κ1) is 46.0. The van der Waals surface area contributed by atoms with Crippen LogP contribution in [0, 0.1) is 0 Å². The molecule has 26 heteroatoms. The minimum atomic E-state index is -2.06. The molecular weight excluding hydrogens is 776 g/mol. The molecule has 26 nitrogen and oxygen atoms in total. The molecule has 5 aliphatic rings. The van der Waals surface area contributed by atoms with Crippen LogP contribution in [0.5, 0.6) is 0 Å². The Morgan fingerprint density at radius 1 is 0.304 bits per heavy atom. The fraction of sp³-hybridized carbons (Fsp3) is 1.00. The van der Waals surface area contributed by atoms with Gasteiger partial charge >= 0.3 is 0 Å². The summed E-state index contributed by atoms with van der Waals surface area (Å²) in [5, 5.41) is 175. The zero-order valence-corrected chi connectivity index (χ0v) is 29.2. The monoisotopic (exact) mass is 828 g/mol. The van der Waals surface area contributed by atoms with E-state index >= 15 is 0 Å². The van der Waals surface area contributed by atoms with Crippen molar-refractivity contribution in [3.8, 4) is 0 Å². The largest absolute Gasteiger partial charge is 0.394 e. The Labute approximate surface area is 316 Å². The van der Waals surface area contributed by atoms with Gasteiger partial charge in [0.2, 0.25) is 0 Å². The Kier molecular flexibility index (Phi) is 16.1. The summed E-state index contributed by atoms with van der Waals surface area (Å²) in [7, 11) is 0. The number of rotatable bonds is 13. The van der Waals surface area contributed by atoms with E-state index < -0.39 is 187 Å². The topological polar surface area (TPSA) is 427 Å². The summed E-state index contributed by atoms with van der Waals surface area (Å²) in [6.45, 7) is -4.28. The van der Waals surface area contributed by atoms with Crippen LogP contribution in [0.3, 0.4) is 0 Å². The van der Waals surface area contributed by atoms with Crippen molar-refractivity contribution in [3.63, 3.8) is 0 Å². The van der Waals surface area contributed by atoms with Gasteiger partial charge in [0.25, 0.3) is 0 Å². The van der Waals surface area contributed by atoms with Gasteiger partial charge < -0.3 is 129 Å². The molecule has 5 heterocycles. The van der Waals surface area contributed by atoms with Crippen LogP contribution >= 0.6 is 0 Å². The first-order chi connectivity index (χ1) is 26.5. The predicted molar refractivity (Wildman–Crippen MR) is 167 cm³/mol. The second-order valence-electron chi connectivity index (χ2n) is 14.0. The lowest BCUT2D eigenvalue weighted by molar-refractivity contribution is -0.382. The summed E-state index contributed by atoms with van der Waals surface area (Å²) < 4.78 is 48.9. The maximum Gasteiger partial charge on any atom is 0.187 e. The molecule has 0 bridgehead atoms. The van der Waals surface area contributed by atoms with E-state index in [-0.39, 0.29) is 0 Å². The third kappa shape index (κ3) is 9.31. The highest BCUT2D eigenvalue weighted by molar-refractivity contribution is 4.98. The van der Waals surface area contributed by atoms with E-state index in [0.29, 0.717) is 0 Å². The van der Waals surface area contributed by atoms with E-state index in [0.717, 1.165) is 0 Å². The molecule has 56 heavy (non-hydrogen) atoms. The van der Waals surface area contributed by atoms with Crippen LogP contribution in [0.1, 0.15) is 0 Å². The van der Waals surface area contributed by atoms with Gasteiger partial charge in [-0.2, -0.15) is 0 Å². The quantitative estimate of drug-likeness (QED) is 0.0819. The molecule has 17 N–H and O–H groups in total. The molecule has 0 aromatic carbocycles. The van der Waals surface area contributed by atoms with Crippen molar-refractivity contribution in [2.24, 2.45) is 0 Å². The molecule has 0 amide bonds. The molecule has 0 spiro atoms. The van der Waals surface area contributed by atoms with Gasteiger partial charge in [-0.3, -0.25) is 0 Å². The number of hydrogen-bond acceptors (Lipinski definition) is 26. The number of ether oxygens (including phenoxy) is 9. The van der Waals surface area contributed by atoms with E-state index in [1.807, 2.05) is 0 Å². The Morgan fingerprint density at radius 2 is 0.625 bits per heavy atom. The molecule has 0 aromatic rings. The molecule has 0 saturated carbocycles. The molecule has 328 valence electrons. The van der Waals surface area contributed by atoms with Gasteiger partial charge in [0.15, 0.2) is 31.5 Å². The summed E-state index contributed by atoms with van der Waals surface area (Å²) in [4.78, 5) is 0. The normalized spacial score (nSPS) is 53.2. The molecular formula is C30H52O26. The van der Waals surface area contributed by atoms with Crippen LogP contribution in [0.4, 0.5) is 0 Å². The minimum absolute atomic E-state index is 0.776.